The van der Waals surface area contributed by atoms with E-state index in [1.165, 1.54) is 31.2 Å². The standard InChI is InChI=1S/C20H24N2O5S/c1-3-4-6-15-9-11-17(12-10-15)22-28(25,26)18-8-5-7-16(13-18)20(24)27-14(2)19(21)23/h5,7-14,22H,3-4,6H2,1-2H3,(H2,21,23)/t14-/m0/s1. The number of aryl methyl sites for hydroxylation is 1. The summed E-state index contributed by atoms with van der Waals surface area (Å²) in [6, 6.07) is 12.6. The van der Waals surface area contributed by atoms with Crippen LogP contribution in [0.4, 0.5) is 5.69 Å². The predicted octanol–water partition coefficient (Wildman–Crippen LogP) is 2.86. The summed E-state index contributed by atoms with van der Waals surface area (Å²) in [7, 11) is -3.89. The molecule has 0 aliphatic heterocycles. The maximum absolute atomic E-state index is 12.6. The molecule has 0 heterocycles. The van der Waals surface area contributed by atoms with Crippen molar-refractivity contribution in [3.05, 3.63) is 59.7 Å². The number of nitrogens with two attached hydrogens (primary N) is 1. The molecule has 0 spiro atoms. The van der Waals surface area contributed by atoms with Gasteiger partial charge in [0.2, 0.25) is 0 Å². The fourth-order valence-corrected chi connectivity index (χ4v) is 3.52. The Labute approximate surface area is 164 Å². The molecular formula is C20H24N2O5S. The molecule has 28 heavy (non-hydrogen) atoms. The topological polar surface area (TPSA) is 116 Å². The molecule has 3 N–H and O–H groups in total. The van der Waals surface area contributed by atoms with Crippen LogP contribution in [-0.4, -0.2) is 26.4 Å². The highest BCUT2D eigenvalue weighted by Gasteiger charge is 2.20. The average molecular weight is 404 g/mol. The highest BCUT2D eigenvalue weighted by molar-refractivity contribution is 7.92. The summed E-state index contributed by atoms with van der Waals surface area (Å²) in [6.07, 6.45) is 1.99. The molecule has 0 bridgehead atoms. The van der Waals surface area contributed by atoms with Crippen molar-refractivity contribution >= 4 is 27.6 Å². The normalized spacial score (nSPS) is 12.2. The number of amides is 1. The van der Waals surface area contributed by atoms with E-state index in [9.17, 15) is 18.0 Å². The minimum atomic E-state index is -3.89. The Balaban J connectivity index is 2.15. The van der Waals surface area contributed by atoms with Gasteiger partial charge in [0.15, 0.2) is 6.10 Å². The van der Waals surface area contributed by atoms with Crippen LogP contribution in [-0.2, 0) is 26.0 Å². The fourth-order valence-electron chi connectivity index (χ4n) is 2.41. The molecule has 0 radical (unpaired) electrons. The van der Waals surface area contributed by atoms with Gasteiger partial charge in [0, 0.05) is 5.69 Å². The van der Waals surface area contributed by atoms with Gasteiger partial charge in [-0.05, 0) is 55.7 Å². The maximum Gasteiger partial charge on any atom is 0.338 e. The zero-order valence-electron chi connectivity index (χ0n) is 15.8. The van der Waals surface area contributed by atoms with Crippen LogP contribution in [0.15, 0.2) is 53.4 Å². The van der Waals surface area contributed by atoms with Gasteiger partial charge in [0.05, 0.1) is 10.5 Å². The van der Waals surface area contributed by atoms with Crippen LogP contribution in [0.25, 0.3) is 0 Å². The van der Waals surface area contributed by atoms with E-state index in [2.05, 4.69) is 11.6 Å². The minimum absolute atomic E-state index is 0.00545. The number of carbonyl (C=O) groups is 2. The Morgan fingerprint density at radius 2 is 1.82 bits per heavy atom. The number of rotatable bonds is 9. The van der Waals surface area contributed by atoms with Gasteiger partial charge in [-0.3, -0.25) is 9.52 Å². The second-order valence-electron chi connectivity index (χ2n) is 6.38. The summed E-state index contributed by atoms with van der Waals surface area (Å²) in [5.41, 5.74) is 6.63. The van der Waals surface area contributed by atoms with Crippen LogP contribution < -0.4 is 10.5 Å². The van der Waals surface area contributed by atoms with E-state index in [0.717, 1.165) is 24.8 Å². The lowest BCUT2D eigenvalue weighted by Gasteiger charge is -2.12. The number of unbranched alkanes of at least 4 members (excludes halogenated alkanes) is 1. The summed E-state index contributed by atoms with van der Waals surface area (Å²) in [4.78, 5) is 23.0. The average Bonchev–Trinajstić information content (AvgIpc) is 2.67. The van der Waals surface area contributed by atoms with Gasteiger partial charge in [-0.25, -0.2) is 13.2 Å². The van der Waals surface area contributed by atoms with E-state index in [0.29, 0.717) is 5.69 Å². The number of hydrogen-bond donors (Lipinski definition) is 2. The molecule has 0 aromatic heterocycles. The minimum Gasteiger partial charge on any atom is -0.449 e. The van der Waals surface area contributed by atoms with Crippen LogP contribution in [0.2, 0.25) is 0 Å². The third-order valence-electron chi connectivity index (χ3n) is 4.09. The number of benzene rings is 2. The smallest absolute Gasteiger partial charge is 0.338 e. The summed E-state index contributed by atoms with van der Waals surface area (Å²) >= 11 is 0. The van der Waals surface area contributed by atoms with E-state index in [1.807, 2.05) is 12.1 Å². The first-order valence-electron chi connectivity index (χ1n) is 8.95. The highest BCUT2D eigenvalue weighted by Crippen LogP contribution is 2.19. The summed E-state index contributed by atoms with van der Waals surface area (Å²) in [6.45, 7) is 3.45. The molecule has 0 unspecified atom stereocenters. The number of nitrogens with one attached hydrogen (secondary N) is 1. The fraction of sp³-hybridized carbons (Fsp3) is 0.300. The summed E-state index contributed by atoms with van der Waals surface area (Å²) in [5, 5.41) is 0. The van der Waals surface area contributed by atoms with E-state index < -0.39 is 28.0 Å². The Bertz CT molecular complexity index is 939. The molecule has 0 fully saturated rings. The highest BCUT2D eigenvalue weighted by atomic mass is 32.2. The summed E-state index contributed by atoms with van der Waals surface area (Å²) < 4.78 is 32.6. The molecule has 8 heteroatoms. The maximum atomic E-state index is 12.6. The lowest BCUT2D eigenvalue weighted by Crippen LogP contribution is -2.30. The monoisotopic (exact) mass is 404 g/mol. The lowest BCUT2D eigenvalue weighted by molar-refractivity contribution is -0.125. The first kappa shape index (κ1) is 21.4. The van der Waals surface area contributed by atoms with Gasteiger partial charge < -0.3 is 10.5 Å². The van der Waals surface area contributed by atoms with Gasteiger partial charge >= 0.3 is 5.97 Å². The number of hydrogen-bond acceptors (Lipinski definition) is 5. The predicted molar refractivity (Wildman–Crippen MR) is 106 cm³/mol. The zero-order valence-corrected chi connectivity index (χ0v) is 16.7. The van der Waals surface area contributed by atoms with Crippen molar-refractivity contribution in [1.82, 2.24) is 0 Å². The van der Waals surface area contributed by atoms with Crippen LogP contribution in [0, 0.1) is 0 Å². The number of carbonyl (C=O) groups excluding carboxylic acids is 2. The molecule has 2 rings (SSSR count). The zero-order chi connectivity index (χ0) is 20.7. The van der Waals surface area contributed by atoms with Crippen molar-refractivity contribution in [1.29, 1.82) is 0 Å². The molecule has 0 aliphatic carbocycles. The Kier molecular flexibility index (Phi) is 7.17. The van der Waals surface area contributed by atoms with Gasteiger partial charge in [-0.2, -0.15) is 0 Å². The SMILES string of the molecule is CCCCc1ccc(NS(=O)(=O)c2cccc(C(=O)O[C@@H](C)C(N)=O)c2)cc1. The van der Waals surface area contributed by atoms with Crippen LogP contribution in [0.1, 0.15) is 42.6 Å². The Hall–Kier alpha value is -2.87. The van der Waals surface area contributed by atoms with E-state index >= 15 is 0 Å². The second-order valence-corrected chi connectivity index (χ2v) is 8.07. The number of esters is 1. The molecule has 7 nitrogen and oxygen atoms in total. The van der Waals surface area contributed by atoms with E-state index in [1.54, 1.807) is 12.1 Å². The molecule has 1 amide bonds. The van der Waals surface area contributed by atoms with Gasteiger partial charge in [0.1, 0.15) is 0 Å². The van der Waals surface area contributed by atoms with Crippen molar-refractivity contribution in [2.24, 2.45) is 5.73 Å². The van der Waals surface area contributed by atoms with E-state index in [4.69, 9.17) is 10.5 Å². The molecule has 150 valence electrons. The molecule has 0 aliphatic rings. The van der Waals surface area contributed by atoms with Gasteiger partial charge in [-0.1, -0.05) is 31.5 Å². The Morgan fingerprint density at radius 1 is 1.14 bits per heavy atom. The number of ether oxygens (including phenoxy) is 1. The van der Waals surface area contributed by atoms with Crippen LogP contribution >= 0.6 is 0 Å². The lowest BCUT2D eigenvalue weighted by atomic mass is 10.1. The third-order valence-corrected chi connectivity index (χ3v) is 5.47. The first-order valence-corrected chi connectivity index (χ1v) is 10.4. The van der Waals surface area contributed by atoms with Crippen molar-refractivity contribution in [3.63, 3.8) is 0 Å². The van der Waals surface area contributed by atoms with Crippen LogP contribution in [0.3, 0.4) is 0 Å². The first-order chi connectivity index (χ1) is 13.2. The number of sulfonamides is 1. The third kappa shape index (κ3) is 5.82. The molecular weight excluding hydrogens is 380 g/mol. The van der Waals surface area contributed by atoms with Crippen molar-refractivity contribution < 1.29 is 22.7 Å². The molecule has 2 aromatic carbocycles. The molecule has 0 saturated carbocycles. The quantitative estimate of drug-likeness (QED) is 0.624. The van der Waals surface area contributed by atoms with E-state index in [-0.39, 0.29) is 10.5 Å². The Morgan fingerprint density at radius 3 is 2.43 bits per heavy atom. The van der Waals surface area contributed by atoms with Crippen molar-refractivity contribution in [2.75, 3.05) is 4.72 Å². The van der Waals surface area contributed by atoms with Gasteiger partial charge in [0.25, 0.3) is 15.9 Å². The second kappa shape index (κ2) is 9.36. The number of primary amides is 1. The largest absolute Gasteiger partial charge is 0.449 e. The van der Waals surface area contributed by atoms with Crippen molar-refractivity contribution in [2.45, 2.75) is 44.1 Å². The number of anilines is 1. The van der Waals surface area contributed by atoms with Crippen LogP contribution in [0.5, 0.6) is 0 Å². The summed E-state index contributed by atoms with van der Waals surface area (Å²) in [5.74, 6) is -1.62. The van der Waals surface area contributed by atoms with Crippen molar-refractivity contribution in [3.8, 4) is 0 Å². The molecule has 1 atom stereocenters. The molecule has 2 aromatic rings. The van der Waals surface area contributed by atoms with Gasteiger partial charge in [-0.15, -0.1) is 0 Å². The molecule has 0 saturated heterocycles.